The quantitative estimate of drug-likeness (QED) is 0.869. The summed E-state index contributed by atoms with van der Waals surface area (Å²) in [7, 11) is 0. The Hall–Kier alpha value is -2.38. The van der Waals surface area contributed by atoms with E-state index in [1.807, 2.05) is 40.2 Å². The molecule has 0 radical (unpaired) electrons. The first-order valence-corrected chi connectivity index (χ1v) is 9.68. The fourth-order valence-corrected chi connectivity index (χ4v) is 3.81. The van der Waals surface area contributed by atoms with Crippen molar-refractivity contribution in [3.05, 3.63) is 53.9 Å². The maximum atomic E-state index is 12.5. The summed E-state index contributed by atoms with van der Waals surface area (Å²) in [5, 5.41) is 7.43. The number of benzene rings is 1. The van der Waals surface area contributed by atoms with Crippen molar-refractivity contribution in [2.75, 3.05) is 39.4 Å². The summed E-state index contributed by atoms with van der Waals surface area (Å²) < 4.78 is 7.32. The normalized spacial score (nSPS) is 20.7. The molecule has 0 spiro atoms. The highest BCUT2D eigenvalue weighted by Gasteiger charge is 2.31. The first-order chi connectivity index (χ1) is 13.3. The fraction of sp³-hybridized carbons (Fsp3) is 0.500. The Bertz CT molecular complexity index is 742. The summed E-state index contributed by atoms with van der Waals surface area (Å²) in [4.78, 5) is 16.9. The van der Waals surface area contributed by atoms with Crippen LogP contribution in [0.1, 0.15) is 17.5 Å². The third kappa shape index (κ3) is 4.67. The van der Waals surface area contributed by atoms with Crippen molar-refractivity contribution in [2.45, 2.75) is 25.6 Å². The zero-order chi connectivity index (χ0) is 18.5. The van der Waals surface area contributed by atoms with Crippen molar-refractivity contribution in [2.24, 2.45) is 0 Å². The Morgan fingerprint density at radius 3 is 2.78 bits per heavy atom. The number of morpholine rings is 1. The number of hydrogen-bond acceptors (Lipinski definition) is 4. The molecule has 1 atom stereocenters. The van der Waals surface area contributed by atoms with E-state index in [2.05, 4.69) is 27.4 Å². The fourth-order valence-electron chi connectivity index (χ4n) is 3.81. The van der Waals surface area contributed by atoms with Crippen molar-refractivity contribution < 1.29 is 9.53 Å². The van der Waals surface area contributed by atoms with Crippen molar-refractivity contribution >= 4 is 6.03 Å². The van der Waals surface area contributed by atoms with E-state index in [4.69, 9.17) is 4.74 Å². The highest BCUT2D eigenvalue weighted by molar-refractivity contribution is 5.74. The van der Waals surface area contributed by atoms with Gasteiger partial charge in [0.25, 0.3) is 0 Å². The number of likely N-dealkylation sites (tertiary alicyclic amines) is 1. The molecule has 1 aromatic carbocycles. The summed E-state index contributed by atoms with van der Waals surface area (Å²) in [6.07, 6.45) is 4.86. The molecule has 2 aliphatic heterocycles. The Morgan fingerprint density at radius 2 is 1.96 bits per heavy atom. The second kappa shape index (κ2) is 8.54. The van der Waals surface area contributed by atoms with Gasteiger partial charge in [0, 0.05) is 50.5 Å². The van der Waals surface area contributed by atoms with Crippen LogP contribution >= 0.6 is 0 Å². The van der Waals surface area contributed by atoms with Gasteiger partial charge in [-0.3, -0.25) is 9.58 Å². The molecule has 7 nitrogen and oxygen atoms in total. The molecule has 2 amide bonds. The molecule has 27 heavy (non-hydrogen) atoms. The maximum Gasteiger partial charge on any atom is 0.317 e. The average molecular weight is 369 g/mol. The summed E-state index contributed by atoms with van der Waals surface area (Å²) >= 11 is 0. The Balaban J connectivity index is 1.24. The van der Waals surface area contributed by atoms with Crippen LogP contribution in [0.25, 0.3) is 0 Å². The van der Waals surface area contributed by atoms with Crippen LogP contribution in [0.4, 0.5) is 4.79 Å². The predicted molar refractivity (Wildman–Crippen MR) is 102 cm³/mol. The van der Waals surface area contributed by atoms with Gasteiger partial charge in [-0.05, 0) is 12.0 Å². The van der Waals surface area contributed by atoms with E-state index in [9.17, 15) is 4.79 Å². The number of carbonyl (C=O) groups is 1. The zero-order valence-electron chi connectivity index (χ0n) is 15.6. The number of ether oxygens (including phenoxy) is 1. The average Bonchev–Trinajstić information content (AvgIpc) is 3.37. The third-order valence-electron chi connectivity index (χ3n) is 5.33. The smallest absolute Gasteiger partial charge is 0.317 e. The Kier molecular flexibility index (Phi) is 5.69. The van der Waals surface area contributed by atoms with Crippen LogP contribution in [-0.2, 0) is 17.8 Å². The van der Waals surface area contributed by atoms with Gasteiger partial charge in [-0.1, -0.05) is 30.3 Å². The minimum Gasteiger partial charge on any atom is -0.379 e. The maximum absolute atomic E-state index is 12.5. The van der Waals surface area contributed by atoms with E-state index in [0.717, 1.165) is 57.9 Å². The molecule has 1 N–H and O–H groups in total. The van der Waals surface area contributed by atoms with Crippen LogP contribution in [-0.4, -0.2) is 71.0 Å². The van der Waals surface area contributed by atoms with Gasteiger partial charge in [0.15, 0.2) is 0 Å². The molecule has 7 heteroatoms. The minimum atomic E-state index is 0.0153. The van der Waals surface area contributed by atoms with Crippen molar-refractivity contribution in [1.82, 2.24) is 24.9 Å². The van der Waals surface area contributed by atoms with Crippen LogP contribution in [0.2, 0.25) is 0 Å². The van der Waals surface area contributed by atoms with Crippen LogP contribution in [0.3, 0.4) is 0 Å². The number of urea groups is 1. The first-order valence-electron chi connectivity index (χ1n) is 9.68. The molecule has 2 aromatic rings. The predicted octanol–water partition coefficient (Wildman–Crippen LogP) is 1.55. The van der Waals surface area contributed by atoms with Gasteiger partial charge in [0.2, 0.25) is 0 Å². The highest BCUT2D eigenvalue weighted by atomic mass is 16.5. The molecule has 2 aliphatic rings. The number of nitrogens with zero attached hydrogens (tertiary/aromatic N) is 4. The van der Waals surface area contributed by atoms with E-state index in [1.165, 1.54) is 5.56 Å². The molecule has 1 aromatic heterocycles. The number of amides is 2. The molecular formula is C20H27N5O2. The molecule has 3 heterocycles. The largest absolute Gasteiger partial charge is 0.379 e. The lowest BCUT2D eigenvalue weighted by Gasteiger charge is -2.32. The Morgan fingerprint density at radius 1 is 1.15 bits per heavy atom. The van der Waals surface area contributed by atoms with Crippen LogP contribution < -0.4 is 5.32 Å². The second-order valence-electron chi connectivity index (χ2n) is 7.23. The Labute approximate surface area is 159 Å². The minimum absolute atomic E-state index is 0.0153. The van der Waals surface area contributed by atoms with Gasteiger partial charge in [-0.15, -0.1) is 0 Å². The molecule has 2 saturated heterocycles. The number of carbonyl (C=O) groups excluding carboxylic acids is 1. The van der Waals surface area contributed by atoms with E-state index < -0.39 is 0 Å². The van der Waals surface area contributed by atoms with E-state index >= 15 is 0 Å². The summed E-state index contributed by atoms with van der Waals surface area (Å²) in [5.41, 5.74) is 2.23. The number of aromatic nitrogens is 2. The second-order valence-corrected chi connectivity index (χ2v) is 7.23. The lowest BCUT2D eigenvalue weighted by molar-refractivity contribution is 0.0191. The van der Waals surface area contributed by atoms with Crippen LogP contribution in [0, 0.1) is 0 Å². The van der Waals surface area contributed by atoms with Crippen molar-refractivity contribution in [3.63, 3.8) is 0 Å². The van der Waals surface area contributed by atoms with E-state index in [-0.39, 0.29) is 6.03 Å². The van der Waals surface area contributed by atoms with E-state index in [0.29, 0.717) is 12.6 Å². The SMILES string of the molecule is O=C(NCc1cnn(Cc2ccccc2)c1)N1CCC(N2CCOCC2)C1. The zero-order valence-corrected chi connectivity index (χ0v) is 15.6. The van der Waals surface area contributed by atoms with Crippen LogP contribution in [0.5, 0.6) is 0 Å². The number of nitrogens with one attached hydrogen (secondary N) is 1. The van der Waals surface area contributed by atoms with Crippen molar-refractivity contribution in [3.8, 4) is 0 Å². The molecule has 144 valence electrons. The molecule has 0 aliphatic carbocycles. The van der Waals surface area contributed by atoms with E-state index in [1.54, 1.807) is 0 Å². The molecule has 2 fully saturated rings. The summed E-state index contributed by atoms with van der Waals surface area (Å²) in [5.74, 6) is 0. The van der Waals surface area contributed by atoms with Gasteiger partial charge in [0.05, 0.1) is 26.0 Å². The van der Waals surface area contributed by atoms with Crippen molar-refractivity contribution in [1.29, 1.82) is 0 Å². The number of hydrogen-bond donors (Lipinski definition) is 1. The monoisotopic (exact) mass is 369 g/mol. The third-order valence-corrected chi connectivity index (χ3v) is 5.33. The van der Waals surface area contributed by atoms with Crippen LogP contribution in [0.15, 0.2) is 42.7 Å². The first kappa shape index (κ1) is 18.0. The lowest BCUT2D eigenvalue weighted by Crippen LogP contribution is -2.46. The molecule has 4 rings (SSSR count). The van der Waals surface area contributed by atoms with Gasteiger partial charge in [-0.2, -0.15) is 5.10 Å². The molecular weight excluding hydrogens is 342 g/mol. The van der Waals surface area contributed by atoms with Gasteiger partial charge in [-0.25, -0.2) is 4.79 Å². The summed E-state index contributed by atoms with van der Waals surface area (Å²) in [6, 6.07) is 10.7. The number of rotatable bonds is 5. The topological polar surface area (TPSA) is 62.6 Å². The molecule has 1 unspecified atom stereocenters. The molecule has 0 bridgehead atoms. The standard InChI is InChI=1S/C20H27N5O2/c26-20(24-7-6-19(16-24)23-8-10-27-11-9-23)21-12-18-13-22-25(15-18)14-17-4-2-1-3-5-17/h1-5,13,15,19H,6-12,14,16H2,(H,21,26). The van der Waals surface area contributed by atoms with Gasteiger partial charge >= 0.3 is 6.03 Å². The lowest BCUT2D eigenvalue weighted by atomic mass is 10.2. The highest BCUT2D eigenvalue weighted by Crippen LogP contribution is 2.17. The molecule has 0 saturated carbocycles. The van der Waals surface area contributed by atoms with Gasteiger partial charge in [0.1, 0.15) is 0 Å². The van der Waals surface area contributed by atoms with Gasteiger partial charge < -0.3 is 15.0 Å². The summed E-state index contributed by atoms with van der Waals surface area (Å²) in [6.45, 7) is 6.42.